The van der Waals surface area contributed by atoms with Crippen LogP contribution in [0.5, 0.6) is 0 Å². The van der Waals surface area contributed by atoms with Crippen molar-refractivity contribution in [3.63, 3.8) is 0 Å². The molecular weight excluding hydrogens is 222 g/mol. The topological polar surface area (TPSA) is 77.8 Å². The van der Waals surface area contributed by atoms with Gasteiger partial charge >= 0.3 is 5.97 Å². The fourth-order valence-electron chi connectivity index (χ4n) is 1.88. The highest BCUT2D eigenvalue weighted by atomic mass is 16.4. The smallest absolute Gasteiger partial charge is 0.337 e. The number of β-amino-alcohol motifs (C(OH)–C–C–N with tert-alkyl or cyclic N) is 1. The largest absolute Gasteiger partial charge is 0.479 e. The maximum atomic E-state index is 11.9. The molecule has 1 amide bonds. The molecule has 17 heavy (non-hydrogen) atoms. The minimum atomic E-state index is -1.92. The molecule has 1 atom stereocenters. The Hall–Kier alpha value is -1.88. The Bertz CT molecular complexity index is 481. The number of carboxylic acids is 1. The second kappa shape index (κ2) is 3.85. The fraction of sp³-hybridized carbons (Fsp3) is 0.333. The fourth-order valence-corrected chi connectivity index (χ4v) is 1.88. The molecule has 1 aliphatic rings. The van der Waals surface area contributed by atoms with Crippen molar-refractivity contribution in [1.29, 1.82) is 0 Å². The number of carbonyl (C=O) groups excluding carboxylic acids is 1. The molecule has 0 saturated heterocycles. The van der Waals surface area contributed by atoms with Gasteiger partial charge in [-0.15, -0.1) is 0 Å². The van der Waals surface area contributed by atoms with Crippen LogP contribution in [0.4, 0.5) is 0 Å². The van der Waals surface area contributed by atoms with Crippen molar-refractivity contribution in [1.82, 2.24) is 4.90 Å². The summed E-state index contributed by atoms with van der Waals surface area (Å²) in [5, 5.41) is 18.5. The first-order chi connectivity index (χ1) is 7.92. The molecule has 1 aromatic rings. The molecule has 0 fully saturated rings. The standard InChI is InChI=1S/C12H13NO4/c1-12(17,11(15)16)7-13-6-8-4-2-3-5-9(8)10(13)14/h2-5,17H,6-7H2,1H3,(H,15,16)/t12-/m1/s1. The Labute approximate surface area is 98.3 Å². The van der Waals surface area contributed by atoms with E-state index >= 15 is 0 Å². The normalized spacial score (nSPS) is 17.8. The van der Waals surface area contributed by atoms with E-state index in [-0.39, 0.29) is 12.5 Å². The second-order valence-corrected chi connectivity index (χ2v) is 4.40. The SMILES string of the molecule is C[C@@](O)(CN1Cc2ccccc2C1=O)C(=O)O. The van der Waals surface area contributed by atoms with Crippen LogP contribution in [0.1, 0.15) is 22.8 Å². The maximum Gasteiger partial charge on any atom is 0.337 e. The number of aliphatic hydroxyl groups is 1. The van der Waals surface area contributed by atoms with Crippen LogP contribution in [0.25, 0.3) is 0 Å². The Balaban J connectivity index is 2.19. The highest BCUT2D eigenvalue weighted by Gasteiger charge is 2.37. The molecule has 1 aromatic carbocycles. The van der Waals surface area contributed by atoms with Gasteiger partial charge in [0, 0.05) is 12.1 Å². The third kappa shape index (κ3) is 2.01. The van der Waals surface area contributed by atoms with Gasteiger partial charge in [0.15, 0.2) is 5.60 Å². The minimum absolute atomic E-state index is 0.212. The van der Waals surface area contributed by atoms with E-state index in [2.05, 4.69) is 0 Å². The van der Waals surface area contributed by atoms with Gasteiger partial charge < -0.3 is 15.1 Å². The van der Waals surface area contributed by atoms with Crippen LogP contribution in [-0.2, 0) is 11.3 Å². The van der Waals surface area contributed by atoms with Gasteiger partial charge in [0.2, 0.25) is 0 Å². The van der Waals surface area contributed by atoms with Crippen LogP contribution in [0.2, 0.25) is 0 Å². The van der Waals surface area contributed by atoms with Gasteiger partial charge in [-0.1, -0.05) is 18.2 Å². The number of fused-ring (bicyclic) bond motifs is 1. The number of carbonyl (C=O) groups is 2. The molecule has 2 rings (SSSR count). The van der Waals surface area contributed by atoms with Crippen LogP contribution in [-0.4, -0.2) is 39.1 Å². The summed E-state index contributed by atoms with van der Waals surface area (Å²) in [7, 11) is 0. The van der Waals surface area contributed by atoms with Crippen LogP contribution in [0.15, 0.2) is 24.3 Å². The monoisotopic (exact) mass is 235 g/mol. The average Bonchev–Trinajstić information content (AvgIpc) is 2.56. The average molecular weight is 235 g/mol. The molecule has 0 aromatic heterocycles. The Morgan fingerprint density at radius 1 is 1.47 bits per heavy atom. The summed E-state index contributed by atoms with van der Waals surface area (Å²) < 4.78 is 0. The first-order valence-electron chi connectivity index (χ1n) is 5.25. The number of carboxylic acid groups (broad SMARTS) is 1. The molecular formula is C12H13NO4. The number of rotatable bonds is 3. The lowest BCUT2D eigenvalue weighted by molar-refractivity contribution is -0.157. The third-order valence-corrected chi connectivity index (χ3v) is 2.86. The summed E-state index contributed by atoms with van der Waals surface area (Å²) >= 11 is 0. The first-order valence-corrected chi connectivity index (χ1v) is 5.25. The van der Waals surface area contributed by atoms with Crippen molar-refractivity contribution in [3.05, 3.63) is 35.4 Å². The van der Waals surface area contributed by atoms with E-state index in [1.165, 1.54) is 11.8 Å². The van der Waals surface area contributed by atoms with Crippen molar-refractivity contribution in [2.75, 3.05) is 6.54 Å². The molecule has 5 heteroatoms. The molecule has 0 saturated carbocycles. The minimum Gasteiger partial charge on any atom is -0.479 e. The van der Waals surface area contributed by atoms with E-state index in [0.29, 0.717) is 12.1 Å². The quantitative estimate of drug-likeness (QED) is 0.798. The van der Waals surface area contributed by atoms with E-state index in [9.17, 15) is 14.7 Å². The molecule has 0 spiro atoms. The number of aliphatic carboxylic acids is 1. The molecule has 0 bridgehead atoms. The highest BCUT2D eigenvalue weighted by molar-refractivity contribution is 5.98. The first kappa shape index (κ1) is 11.6. The molecule has 5 nitrogen and oxygen atoms in total. The summed E-state index contributed by atoms with van der Waals surface area (Å²) in [4.78, 5) is 24.1. The summed E-state index contributed by atoms with van der Waals surface area (Å²) in [6.45, 7) is 1.32. The van der Waals surface area contributed by atoms with Crippen LogP contribution in [0, 0.1) is 0 Å². The summed E-state index contributed by atoms with van der Waals surface area (Å²) in [5.41, 5.74) is -0.482. The number of amides is 1. The third-order valence-electron chi connectivity index (χ3n) is 2.86. The van der Waals surface area contributed by atoms with E-state index in [4.69, 9.17) is 5.11 Å². The summed E-state index contributed by atoms with van der Waals surface area (Å²) in [5.74, 6) is -1.57. The Morgan fingerprint density at radius 2 is 2.12 bits per heavy atom. The maximum absolute atomic E-state index is 11.9. The Morgan fingerprint density at radius 3 is 2.71 bits per heavy atom. The van der Waals surface area contributed by atoms with Crippen molar-refractivity contribution < 1.29 is 19.8 Å². The number of nitrogens with zero attached hydrogens (tertiary/aromatic N) is 1. The van der Waals surface area contributed by atoms with E-state index in [1.807, 2.05) is 12.1 Å². The molecule has 1 heterocycles. The van der Waals surface area contributed by atoms with Gasteiger partial charge in [-0.05, 0) is 18.6 Å². The van der Waals surface area contributed by atoms with Crippen molar-refractivity contribution in [2.45, 2.75) is 19.1 Å². The summed E-state index contributed by atoms with van der Waals surface area (Å²) in [6.07, 6.45) is 0. The van der Waals surface area contributed by atoms with E-state index < -0.39 is 11.6 Å². The van der Waals surface area contributed by atoms with Gasteiger partial charge in [0.25, 0.3) is 5.91 Å². The summed E-state index contributed by atoms with van der Waals surface area (Å²) in [6, 6.07) is 7.11. The zero-order chi connectivity index (χ0) is 12.6. The number of hydrogen-bond donors (Lipinski definition) is 2. The molecule has 0 aliphatic carbocycles. The number of benzene rings is 1. The lowest BCUT2D eigenvalue weighted by Crippen LogP contribution is -2.46. The second-order valence-electron chi connectivity index (χ2n) is 4.40. The molecule has 90 valence electrons. The number of hydrogen-bond acceptors (Lipinski definition) is 3. The van der Waals surface area contributed by atoms with Crippen molar-refractivity contribution in [2.24, 2.45) is 0 Å². The van der Waals surface area contributed by atoms with Crippen LogP contribution in [0.3, 0.4) is 0 Å². The molecule has 0 radical (unpaired) electrons. The molecule has 2 N–H and O–H groups in total. The van der Waals surface area contributed by atoms with Gasteiger partial charge in [0.05, 0.1) is 6.54 Å². The van der Waals surface area contributed by atoms with Crippen molar-refractivity contribution >= 4 is 11.9 Å². The lowest BCUT2D eigenvalue weighted by Gasteiger charge is -2.24. The van der Waals surface area contributed by atoms with E-state index in [1.54, 1.807) is 12.1 Å². The molecule has 0 unspecified atom stereocenters. The zero-order valence-corrected chi connectivity index (χ0v) is 9.38. The van der Waals surface area contributed by atoms with Crippen LogP contribution >= 0.6 is 0 Å². The van der Waals surface area contributed by atoms with Crippen LogP contribution < -0.4 is 0 Å². The van der Waals surface area contributed by atoms with E-state index in [0.717, 1.165) is 5.56 Å². The van der Waals surface area contributed by atoms with Gasteiger partial charge in [-0.2, -0.15) is 0 Å². The van der Waals surface area contributed by atoms with Gasteiger partial charge in [-0.25, -0.2) is 4.79 Å². The van der Waals surface area contributed by atoms with Gasteiger partial charge in [0.1, 0.15) is 0 Å². The zero-order valence-electron chi connectivity index (χ0n) is 9.38. The highest BCUT2D eigenvalue weighted by Crippen LogP contribution is 2.23. The predicted octanol–water partition coefficient (Wildman–Crippen LogP) is 0.478. The van der Waals surface area contributed by atoms with Gasteiger partial charge in [-0.3, -0.25) is 4.79 Å². The predicted molar refractivity (Wildman–Crippen MR) is 59.4 cm³/mol. The van der Waals surface area contributed by atoms with Crippen molar-refractivity contribution in [3.8, 4) is 0 Å². The molecule has 1 aliphatic heterocycles. The Kier molecular flexibility index (Phi) is 2.63. The lowest BCUT2D eigenvalue weighted by atomic mass is 10.1.